The number of aromatic hydroxyl groups is 1. The maximum absolute atomic E-state index is 12.1. The molecule has 0 aliphatic heterocycles. The average molecular weight is 422 g/mol. The number of carboxylic acid groups (broad SMARTS) is 1. The van der Waals surface area contributed by atoms with E-state index >= 15 is 0 Å². The zero-order valence-electron chi connectivity index (χ0n) is 15.2. The van der Waals surface area contributed by atoms with E-state index in [1.54, 1.807) is 23.5 Å². The molecule has 0 atom stereocenters. The highest BCUT2D eigenvalue weighted by atomic mass is 35.5. The average Bonchev–Trinajstić information content (AvgIpc) is 3.32. The van der Waals surface area contributed by atoms with Gasteiger partial charge in [-0.25, -0.2) is 9.78 Å². The van der Waals surface area contributed by atoms with Crippen molar-refractivity contribution < 1.29 is 15.0 Å². The predicted molar refractivity (Wildman–Crippen MR) is 115 cm³/mol. The van der Waals surface area contributed by atoms with Crippen molar-refractivity contribution in [3.05, 3.63) is 81.1 Å². The first-order valence-corrected chi connectivity index (χ1v) is 10.5. The van der Waals surface area contributed by atoms with Gasteiger partial charge in [-0.3, -0.25) is 0 Å². The lowest BCUT2D eigenvalue weighted by atomic mass is 9.88. The summed E-state index contributed by atoms with van der Waals surface area (Å²) in [4.78, 5) is 17.0. The third kappa shape index (κ3) is 2.81. The molecule has 2 heterocycles. The summed E-state index contributed by atoms with van der Waals surface area (Å²) in [7, 11) is 0. The van der Waals surface area contributed by atoms with Gasteiger partial charge >= 0.3 is 5.97 Å². The zero-order valence-corrected chi connectivity index (χ0v) is 16.8. The number of fused-ring (bicyclic) bond motifs is 1. The molecule has 0 bridgehead atoms. The number of rotatable bonds is 4. The third-order valence-corrected chi connectivity index (χ3v) is 6.57. The zero-order chi connectivity index (χ0) is 20.2. The molecule has 0 amide bonds. The van der Waals surface area contributed by atoms with Gasteiger partial charge in [0.25, 0.3) is 0 Å². The monoisotopic (exact) mass is 421 g/mol. The fourth-order valence-electron chi connectivity index (χ4n) is 4.03. The molecule has 29 heavy (non-hydrogen) atoms. The van der Waals surface area contributed by atoms with Crippen LogP contribution in [0.2, 0.25) is 5.02 Å². The van der Waals surface area contributed by atoms with Gasteiger partial charge < -0.3 is 10.2 Å². The quantitative estimate of drug-likeness (QED) is 0.417. The van der Waals surface area contributed by atoms with Gasteiger partial charge in [-0.05, 0) is 52.9 Å². The van der Waals surface area contributed by atoms with Gasteiger partial charge in [0.05, 0.1) is 11.2 Å². The number of benzene rings is 2. The Hall–Kier alpha value is -2.89. The summed E-state index contributed by atoms with van der Waals surface area (Å²) in [6, 6.07) is 14.9. The highest BCUT2D eigenvalue weighted by Crippen LogP contribution is 2.56. The fraction of sp³-hybridized carbons (Fsp3) is 0.130. The number of para-hydroxylation sites is 1. The minimum atomic E-state index is -1.16. The van der Waals surface area contributed by atoms with Crippen molar-refractivity contribution in [1.82, 2.24) is 4.98 Å². The number of pyridine rings is 1. The Kier molecular flexibility index (Phi) is 4.12. The molecule has 1 aliphatic rings. The molecule has 2 aromatic carbocycles. The Balaban J connectivity index is 1.83. The molecule has 0 radical (unpaired) electrons. The molecule has 0 spiro atoms. The van der Waals surface area contributed by atoms with Crippen molar-refractivity contribution in [1.29, 1.82) is 0 Å². The Morgan fingerprint density at radius 1 is 1.10 bits per heavy atom. The number of carboxylic acids is 1. The highest BCUT2D eigenvalue weighted by Gasteiger charge is 2.50. The van der Waals surface area contributed by atoms with Crippen LogP contribution in [0.15, 0.2) is 59.3 Å². The van der Waals surface area contributed by atoms with E-state index in [-0.39, 0.29) is 11.3 Å². The molecule has 0 unspecified atom stereocenters. The van der Waals surface area contributed by atoms with Crippen LogP contribution >= 0.6 is 22.9 Å². The van der Waals surface area contributed by atoms with E-state index in [2.05, 4.69) is 0 Å². The second-order valence-corrected chi connectivity index (χ2v) is 8.51. The summed E-state index contributed by atoms with van der Waals surface area (Å²) in [5.74, 6) is -1.41. The second-order valence-electron chi connectivity index (χ2n) is 7.29. The van der Waals surface area contributed by atoms with Crippen LogP contribution < -0.4 is 0 Å². The third-order valence-electron chi connectivity index (χ3n) is 5.64. The highest BCUT2D eigenvalue weighted by molar-refractivity contribution is 7.08. The Morgan fingerprint density at radius 3 is 2.48 bits per heavy atom. The second kappa shape index (κ2) is 6.58. The maximum Gasteiger partial charge on any atom is 0.340 e. The van der Waals surface area contributed by atoms with E-state index < -0.39 is 11.4 Å². The van der Waals surface area contributed by atoms with Crippen molar-refractivity contribution in [3.8, 4) is 16.9 Å². The van der Waals surface area contributed by atoms with Crippen LogP contribution in [-0.2, 0) is 5.41 Å². The van der Waals surface area contributed by atoms with Gasteiger partial charge in [0.15, 0.2) is 5.75 Å². The molecule has 6 heteroatoms. The van der Waals surface area contributed by atoms with Crippen LogP contribution in [0.4, 0.5) is 0 Å². The van der Waals surface area contributed by atoms with E-state index in [1.807, 2.05) is 47.2 Å². The number of halogens is 1. The number of thiophene rings is 1. The number of hydrogen-bond donors (Lipinski definition) is 2. The summed E-state index contributed by atoms with van der Waals surface area (Å²) in [5.41, 5.74) is 3.26. The normalized spacial score (nSPS) is 14.8. The smallest absolute Gasteiger partial charge is 0.340 e. The van der Waals surface area contributed by atoms with E-state index in [0.29, 0.717) is 21.6 Å². The van der Waals surface area contributed by atoms with Crippen LogP contribution in [0.25, 0.3) is 22.0 Å². The topological polar surface area (TPSA) is 70.4 Å². The van der Waals surface area contributed by atoms with E-state index in [4.69, 9.17) is 16.6 Å². The Bertz CT molecular complexity index is 1250. The van der Waals surface area contributed by atoms with Gasteiger partial charge in [0.2, 0.25) is 0 Å². The lowest BCUT2D eigenvalue weighted by Gasteiger charge is -2.20. The van der Waals surface area contributed by atoms with E-state index in [9.17, 15) is 15.0 Å². The first-order valence-electron chi connectivity index (χ1n) is 9.19. The van der Waals surface area contributed by atoms with Crippen LogP contribution in [-0.4, -0.2) is 21.2 Å². The summed E-state index contributed by atoms with van der Waals surface area (Å²) in [6.07, 6.45) is 1.58. The van der Waals surface area contributed by atoms with Crippen molar-refractivity contribution >= 4 is 39.8 Å². The molecule has 1 fully saturated rings. The largest absolute Gasteiger partial charge is 0.505 e. The van der Waals surface area contributed by atoms with Gasteiger partial charge in [-0.2, -0.15) is 11.3 Å². The van der Waals surface area contributed by atoms with Crippen LogP contribution in [0.5, 0.6) is 5.75 Å². The lowest BCUT2D eigenvalue weighted by molar-refractivity contribution is 0.0695. The lowest BCUT2D eigenvalue weighted by Crippen LogP contribution is -2.14. The van der Waals surface area contributed by atoms with E-state index in [0.717, 1.165) is 29.5 Å². The Morgan fingerprint density at radius 2 is 1.86 bits per heavy atom. The van der Waals surface area contributed by atoms with Crippen LogP contribution in [0.3, 0.4) is 0 Å². The SMILES string of the molecule is O=C(O)c1c(O)c(C2(c3ccc(Cl)cc3)CC2)nc2c(-c3ccsc3)cccc12. The van der Waals surface area contributed by atoms with Crippen molar-refractivity contribution in [2.75, 3.05) is 0 Å². The molecule has 2 aromatic heterocycles. The van der Waals surface area contributed by atoms with E-state index in [1.165, 1.54) is 0 Å². The van der Waals surface area contributed by atoms with Crippen molar-refractivity contribution in [2.24, 2.45) is 0 Å². The van der Waals surface area contributed by atoms with Crippen LogP contribution in [0, 0.1) is 0 Å². The molecule has 4 aromatic rings. The first kappa shape index (κ1) is 18.2. The number of aromatic nitrogens is 1. The molecular weight excluding hydrogens is 406 g/mol. The standard InChI is InChI=1S/C23H16ClNO3S/c24-15-6-4-14(5-7-15)23(9-10-23)21-20(26)18(22(27)28)17-3-1-2-16(19(17)25-21)13-8-11-29-12-13/h1-8,11-12,26H,9-10H2,(H,27,28). The van der Waals surface area contributed by atoms with Crippen molar-refractivity contribution in [3.63, 3.8) is 0 Å². The Labute approximate surface area is 176 Å². The summed E-state index contributed by atoms with van der Waals surface area (Å²) >= 11 is 7.61. The molecule has 2 N–H and O–H groups in total. The first-order chi connectivity index (χ1) is 14.0. The molecule has 5 rings (SSSR count). The summed E-state index contributed by atoms with van der Waals surface area (Å²) in [5, 5.41) is 26.0. The molecule has 1 aliphatic carbocycles. The molecule has 144 valence electrons. The minimum absolute atomic E-state index is 0.0951. The molecule has 0 saturated heterocycles. The van der Waals surface area contributed by atoms with Gasteiger partial charge in [0.1, 0.15) is 5.56 Å². The molecule has 4 nitrogen and oxygen atoms in total. The number of nitrogens with zero attached hydrogens (tertiary/aromatic N) is 1. The molecular formula is C23H16ClNO3S. The van der Waals surface area contributed by atoms with Gasteiger partial charge in [-0.15, -0.1) is 0 Å². The minimum Gasteiger partial charge on any atom is -0.505 e. The number of aromatic carboxylic acids is 1. The molecule has 1 saturated carbocycles. The fourth-order valence-corrected chi connectivity index (χ4v) is 4.82. The number of hydrogen-bond acceptors (Lipinski definition) is 4. The maximum atomic E-state index is 12.1. The summed E-state index contributed by atoms with van der Waals surface area (Å²) in [6.45, 7) is 0. The van der Waals surface area contributed by atoms with Gasteiger partial charge in [0, 0.05) is 21.4 Å². The predicted octanol–water partition coefficient (Wildman–Crippen LogP) is 6.10. The van der Waals surface area contributed by atoms with Crippen molar-refractivity contribution in [2.45, 2.75) is 18.3 Å². The summed E-state index contributed by atoms with van der Waals surface area (Å²) < 4.78 is 0. The van der Waals surface area contributed by atoms with Crippen LogP contribution in [0.1, 0.15) is 34.5 Å². The van der Waals surface area contributed by atoms with Gasteiger partial charge in [-0.1, -0.05) is 41.9 Å². The number of carbonyl (C=O) groups is 1.